The molecule has 0 unspecified atom stereocenters. The molecule has 0 aliphatic rings. The summed E-state index contributed by atoms with van der Waals surface area (Å²) >= 11 is 1.75. The fraction of sp³-hybridized carbons (Fsp3) is 0. The summed E-state index contributed by atoms with van der Waals surface area (Å²) < 4.78 is 8.90. The van der Waals surface area contributed by atoms with Gasteiger partial charge in [-0.25, -0.2) is 9.97 Å². The first kappa shape index (κ1) is 32.3. The van der Waals surface area contributed by atoms with Crippen LogP contribution in [0, 0.1) is 0 Å². The second-order valence-corrected chi connectivity index (χ2v) is 15.2. The van der Waals surface area contributed by atoms with E-state index < -0.39 is 0 Å². The van der Waals surface area contributed by atoms with Gasteiger partial charge >= 0.3 is 0 Å². The molecule has 0 atom stereocenters. The Hall–Kier alpha value is -7.14. The van der Waals surface area contributed by atoms with E-state index in [2.05, 4.69) is 188 Å². The number of thiophene rings is 1. The van der Waals surface area contributed by atoms with Gasteiger partial charge in [0.05, 0.1) is 15.9 Å². The first-order valence-electron chi connectivity index (χ1n) is 18.8. The van der Waals surface area contributed by atoms with Gasteiger partial charge in [0.15, 0.2) is 0 Å². The van der Waals surface area contributed by atoms with Crippen molar-refractivity contribution < 1.29 is 4.42 Å². The minimum absolute atomic E-state index is 0.877. The van der Waals surface area contributed by atoms with Crippen molar-refractivity contribution in [3.8, 4) is 66.9 Å². The molecular formula is C52H32N2OS. The van der Waals surface area contributed by atoms with Crippen LogP contribution in [0.15, 0.2) is 199 Å². The van der Waals surface area contributed by atoms with Gasteiger partial charge in [0, 0.05) is 32.0 Å². The van der Waals surface area contributed by atoms with Crippen molar-refractivity contribution in [1.82, 2.24) is 9.97 Å². The molecule has 3 nitrogen and oxygen atoms in total. The van der Waals surface area contributed by atoms with Gasteiger partial charge in [-0.15, -0.1) is 11.3 Å². The van der Waals surface area contributed by atoms with Crippen LogP contribution in [0.2, 0.25) is 0 Å². The highest BCUT2D eigenvalue weighted by molar-refractivity contribution is 7.26. The lowest BCUT2D eigenvalue weighted by Crippen LogP contribution is -1.87. The van der Waals surface area contributed by atoms with Gasteiger partial charge in [-0.05, 0) is 80.4 Å². The van der Waals surface area contributed by atoms with Crippen LogP contribution in [-0.4, -0.2) is 9.97 Å². The summed E-state index contributed by atoms with van der Waals surface area (Å²) in [4.78, 5) is 9.68. The van der Waals surface area contributed by atoms with Crippen molar-refractivity contribution in [3.63, 3.8) is 0 Å². The maximum absolute atomic E-state index is 6.61. The molecule has 0 aliphatic carbocycles. The van der Waals surface area contributed by atoms with Gasteiger partial charge in [-0.3, -0.25) is 0 Å². The van der Waals surface area contributed by atoms with Crippen LogP contribution in [-0.2, 0) is 0 Å². The van der Waals surface area contributed by atoms with E-state index in [0.717, 1.165) is 65.5 Å². The molecule has 0 spiro atoms. The largest absolute Gasteiger partial charge is 0.455 e. The van der Waals surface area contributed by atoms with Gasteiger partial charge < -0.3 is 4.42 Å². The topological polar surface area (TPSA) is 38.9 Å². The zero-order chi connectivity index (χ0) is 37.0. The van der Waals surface area contributed by atoms with E-state index >= 15 is 0 Å². The smallest absolute Gasteiger partial charge is 0.143 e. The van der Waals surface area contributed by atoms with Crippen LogP contribution in [0.25, 0.3) is 109 Å². The van der Waals surface area contributed by atoms with Crippen molar-refractivity contribution in [3.05, 3.63) is 194 Å². The molecule has 11 aromatic rings. The molecule has 56 heavy (non-hydrogen) atoms. The molecule has 4 heteroatoms. The van der Waals surface area contributed by atoms with E-state index in [1.54, 1.807) is 17.7 Å². The third kappa shape index (κ3) is 5.58. The van der Waals surface area contributed by atoms with E-state index in [9.17, 15) is 0 Å². The average molecular weight is 733 g/mol. The molecule has 0 radical (unpaired) electrons. The van der Waals surface area contributed by atoms with Gasteiger partial charge in [-0.1, -0.05) is 158 Å². The number of hydrogen-bond acceptors (Lipinski definition) is 4. The van der Waals surface area contributed by atoms with Crippen LogP contribution in [0.4, 0.5) is 0 Å². The predicted octanol–water partition coefficient (Wildman–Crippen LogP) is 14.7. The Balaban J connectivity index is 0.938. The van der Waals surface area contributed by atoms with Crippen LogP contribution in [0.3, 0.4) is 0 Å². The van der Waals surface area contributed by atoms with E-state index in [-0.39, 0.29) is 0 Å². The lowest BCUT2D eigenvalue weighted by atomic mass is 9.97. The number of benzene rings is 8. The third-order valence-corrected chi connectivity index (χ3v) is 12.0. The molecular weight excluding hydrogens is 701 g/mol. The number of rotatable bonds is 6. The summed E-state index contributed by atoms with van der Waals surface area (Å²) in [6.07, 6.45) is 1.70. The quantitative estimate of drug-likeness (QED) is 0.171. The lowest BCUT2D eigenvalue weighted by molar-refractivity contribution is 0.670. The maximum Gasteiger partial charge on any atom is 0.143 e. The number of fused-ring (bicyclic) bond motifs is 6. The summed E-state index contributed by atoms with van der Waals surface area (Å²) in [6, 6.07) is 66.9. The highest BCUT2D eigenvalue weighted by atomic mass is 32.1. The zero-order valence-corrected chi connectivity index (χ0v) is 31.0. The SMILES string of the molecule is c1ccc(-c2ccc(-c3ccc4oc5c(-c6cccc(-c7ncnc8c7sc7ccc(-c9ccc(-c%10ccccc%10)cc9)cc78)c6)cccc5c4c3)cc2)cc1. The maximum atomic E-state index is 6.61. The summed E-state index contributed by atoms with van der Waals surface area (Å²) in [5.74, 6) is 0. The van der Waals surface area contributed by atoms with Gasteiger partial charge in [0.25, 0.3) is 0 Å². The Kier molecular flexibility index (Phi) is 7.68. The van der Waals surface area contributed by atoms with Crippen LogP contribution < -0.4 is 0 Å². The molecule has 3 aromatic heterocycles. The van der Waals surface area contributed by atoms with E-state index in [1.165, 1.54) is 43.6 Å². The normalized spacial score (nSPS) is 11.6. The van der Waals surface area contributed by atoms with Crippen LogP contribution >= 0.6 is 11.3 Å². The summed E-state index contributed by atoms with van der Waals surface area (Å²) in [6.45, 7) is 0. The monoisotopic (exact) mass is 732 g/mol. The fourth-order valence-corrected chi connectivity index (χ4v) is 9.12. The van der Waals surface area contributed by atoms with Crippen molar-refractivity contribution in [2.75, 3.05) is 0 Å². The molecule has 11 rings (SSSR count). The number of furan rings is 1. The first-order chi connectivity index (χ1) is 27.7. The van der Waals surface area contributed by atoms with Crippen molar-refractivity contribution in [1.29, 1.82) is 0 Å². The third-order valence-electron chi connectivity index (χ3n) is 10.8. The number of para-hydroxylation sites is 1. The lowest BCUT2D eigenvalue weighted by Gasteiger charge is -2.07. The van der Waals surface area contributed by atoms with Crippen molar-refractivity contribution >= 4 is 53.6 Å². The summed E-state index contributed by atoms with van der Waals surface area (Å²) in [5, 5.41) is 3.36. The molecule has 3 heterocycles. The Morgan fingerprint density at radius 2 is 0.911 bits per heavy atom. The molecule has 0 bridgehead atoms. The number of nitrogens with zero attached hydrogens (tertiary/aromatic N) is 2. The molecule has 0 amide bonds. The number of aromatic nitrogens is 2. The van der Waals surface area contributed by atoms with E-state index in [0.29, 0.717) is 0 Å². The Bertz CT molecular complexity index is 3000. The highest BCUT2D eigenvalue weighted by Crippen LogP contribution is 2.42. The highest BCUT2D eigenvalue weighted by Gasteiger charge is 2.17. The Morgan fingerprint density at radius 1 is 0.375 bits per heavy atom. The van der Waals surface area contributed by atoms with Crippen LogP contribution in [0.1, 0.15) is 0 Å². The molecule has 0 saturated carbocycles. The predicted molar refractivity (Wildman–Crippen MR) is 235 cm³/mol. The molecule has 8 aromatic carbocycles. The zero-order valence-electron chi connectivity index (χ0n) is 30.2. The Labute approximate surface area is 327 Å². The number of hydrogen-bond donors (Lipinski definition) is 0. The minimum Gasteiger partial charge on any atom is -0.455 e. The average Bonchev–Trinajstić information content (AvgIpc) is 3.85. The standard InChI is InChI=1S/C52H32N2OS/c1-3-9-33(10-4-1)35-17-21-37(22-18-35)39-25-27-47-45(30-39)44-16-8-15-43(51(44)55-47)41-13-7-14-42(29-41)49-52-50(54-32-53-49)46-31-40(26-28-48(46)56-52)38-23-19-36(20-24-38)34-11-5-2-6-12-34/h1-32H. The van der Waals surface area contributed by atoms with Crippen molar-refractivity contribution in [2.24, 2.45) is 0 Å². The molecule has 262 valence electrons. The second kappa shape index (κ2) is 13.3. The fourth-order valence-electron chi connectivity index (χ4n) is 7.97. The molecule has 0 aliphatic heterocycles. The minimum atomic E-state index is 0.877. The van der Waals surface area contributed by atoms with Gasteiger partial charge in [-0.2, -0.15) is 0 Å². The van der Waals surface area contributed by atoms with Gasteiger partial charge in [0.2, 0.25) is 0 Å². The Morgan fingerprint density at radius 3 is 1.59 bits per heavy atom. The summed E-state index contributed by atoms with van der Waals surface area (Å²) in [7, 11) is 0. The van der Waals surface area contributed by atoms with Gasteiger partial charge in [0.1, 0.15) is 17.5 Å². The molecule has 0 fully saturated rings. The van der Waals surface area contributed by atoms with E-state index in [4.69, 9.17) is 14.4 Å². The first-order valence-corrected chi connectivity index (χ1v) is 19.6. The summed E-state index contributed by atoms with van der Waals surface area (Å²) in [5.41, 5.74) is 16.4. The van der Waals surface area contributed by atoms with Crippen LogP contribution in [0.5, 0.6) is 0 Å². The van der Waals surface area contributed by atoms with E-state index in [1.807, 2.05) is 0 Å². The second-order valence-electron chi connectivity index (χ2n) is 14.2. The molecule has 0 saturated heterocycles. The molecule has 0 N–H and O–H groups in total. The van der Waals surface area contributed by atoms with Crippen molar-refractivity contribution in [2.45, 2.75) is 0 Å².